The van der Waals surface area contributed by atoms with Crippen molar-refractivity contribution in [2.75, 3.05) is 13.2 Å². The second kappa shape index (κ2) is 8.16. The molecular formula is C22H22N6O2. The van der Waals surface area contributed by atoms with Gasteiger partial charge in [0.2, 0.25) is 5.65 Å². The first-order chi connectivity index (χ1) is 14.8. The van der Waals surface area contributed by atoms with Crippen LogP contribution in [-0.2, 0) is 17.7 Å². The van der Waals surface area contributed by atoms with E-state index in [9.17, 15) is 4.79 Å². The maximum Gasteiger partial charge on any atom is 0.251 e. The van der Waals surface area contributed by atoms with Gasteiger partial charge in [-0.25, -0.2) is 4.98 Å². The van der Waals surface area contributed by atoms with Gasteiger partial charge in [0, 0.05) is 36.5 Å². The molecule has 5 rings (SSSR count). The highest BCUT2D eigenvalue weighted by Crippen LogP contribution is 2.24. The van der Waals surface area contributed by atoms with E-state index in [0.29, 0.717) is 17.8 Å². The van der Waals surface area contributed by atoms with Crippen LogP contribution < -0.4 is 5.32 Å². The fraction of sp³-hybridized carbons (Fsp3) is 0.318. The molecule has 0 spiro atoms. The van der Waals surface area contributed by atoms with Gasteiger partial charge < -0.3 is 14.6 Å². The average Bonchev–Trinajstić information content (AvgIpc) is 3.44. The second-order valence-electron chi connectivity index (χ2n) is 7.50. The standard InChI is InChI=1S/C22H22N6O2/c29-22(24-9-7-15-3-1-8-23-12-15)16-5-6-19-18(11-16)20-21(27-26-19)25-14-28(20)13-17-4-2-10-30-17/h1,3,5-6,8,11-12,14,17H,2,4,7,9-10,13H2,(H,24,29). The highest BCUT2D eigenvalue weighted by Gasteiger charge is 2.19. The topological polar surface area (TPSA) is 94.8 Å². The Bertz CT molecular complexity index is 1180. The van der Waals surface area contributed by atoms with Crippen LogP contribution in [0.4, 0.5) is 0 Å². The molecule has 1 atom stereocenters. The zero-order valence-corrected chi connectivity index (χ0v) is 16.5. The number of pyridine rings is 1. The molecule has 30 heavy (non-hydrogen) atoms. The molecule has 4 aromatic rings. The van der Waals surface area contributed by atoms with Crippen LogP contribution in [0.5, 0.6) is 0 Å². The van der Waals surface area contributed by atoms with Gasteiger partial charge in [0.15, 0.2) is 0 Å². The summed E-state index contributed by atoms with van der Waals surface area (Å²) < 4.78 is 7.84. The number of aromatic nitrogens is 5. The van der Waals surface area contributed by atoms with E-state index in [1.165, 1.54) is 0 Å². The molecule has 0 aliphatic carbocycles. The minimum atomic E-state index is -0.115. The molecule has 1 aromatic carbocycles. The summed E-state index contributed by atoms with van der Waals surface area (Å²) in [5, 5.41) is 12.3. The summed E-state index contributed by atoms with van der Waals surface area (Å²) >= 11 is 0. The fourth-order valence-corrected chi connectivity index (χ4v) is 3.89. The smallest absolute Gasteiger partial charge is 0.251 e. The number of nitrogens with one attached hydrogen (secondary N) is 1. The Balaban J connectivity index is 1.40. The van der Waals surface area contributed by atoms with Crippen molar-refractivity contribution in [3.8, 4) is 0 Å². The molecule has 1 N–H and O–H groups in total. The summed E-state index contributed by atoms with van der Waals surface area (Å²) in [5.74, 6) is -0.115. The van der Waals surface area contributed by atoms with Gasteiger partial charge in [-0.3, -0.25) is 9.78 Å². The van der Waals surface area contributed by atoms with Crippen LogP contribution in [0.3, 0.4) is 0 Å². The number of hydrogen-bond donors (Lipinski definition) is 1. The van der Waals surface area contributed by atoms with E-state index in [2.05, 4.69) is 30.0 Å². The van der Waals surface area contributed by atoms with Crippen LogP contribution in [0.1, 0.15) is 28.8 Å². The Morgan fingerprint density at radius 3 is 3.07 bits per heavy atom. The van der Waals surface area contributed by atoms with Crippen LogP contribution in [0.25, 0.3) is 22.1 Å². The Kier molecular flexibility index (Phi) is 5.06. The van der Waals surface area contributed by atoms with Gasteiger partial charge in [0.05, 0.1) is 30.0 Å². The molecule has 0 bridgehead atoms. The first kappa shape index (κ1) is 18.6. The summed E-state index contributed by atoms with van der Waals surface area (Å²) in [6.07, 6.45) is 8.38. The highest BCUT2D eigenvalue weighted by molar-refractivity contribution is 6.05. The molecule has 4 heterocycles. The molecule has 0 saturated carbocycles. The third-order valence-electron chi connectivity index (χ3n) is 5.43. The molecule has 152 valence electrons. The quantitative estimate of drug-likeness (QED) is 0.533. The summed E-state index contributed by atoms with van der Waals surface area (Å²) in [6.45, 7) is 2.07. The van der Waals surface area contributed by atoms with Gasteiger partial charge in [-0.15, -0.1) is 10.2 Å². The molecular weight excluding hydrogens is 380 g/mol. The van der Waals surface area contributed by atoms with Gasteiger partial charge in [-0.1, -0.05) is 6.07 Å². The number of carbonyl (C=O) groups is 1. The monoisotopic (exact) mass is 402 g/mol. The summed E-state index contributed by atoms with van der Waals surface area (Å²) in [4.78, 5) is 21.2. The lowest BCUT2D eigenvalue weighted by atomic mass is 10.1. The predicted molar refractivity (Wildman–Crippen MR) is 112 cm³/mol. The Hall–Kier alpha value is -3.39. The fourth-order valence-electron chi connectivity index (χ4n) is 3.89. The summed E-state index contributed by atoms with van der Waals surface area (Å²) in [5.41, 5.74) is 3.89. The van der Waals surface area contributed by atoms with E-state index in [0.717, 1.165) is 54.4 Å². The number of rotatable bonds is 6. The normalized spacial score (nSPS) is 16.3. The van der Waals surface area contributed by atoms with Crippen LogP contribution in [0.15, 0.2) is 49.1 Å². The molecule has 8 nitrogen and oxygen atoms in total. The maximum absolute atomic E-state index is 12.7. The number of benzene rings is 1. The maximum atomic E-state index is 12.7. The lowest BCUT2D eigenvalue weighted by Gasteiger charge is -2.12. The summed E-state index contributed by atoms with van der Waals surface area (Å²) in [6, 6.07) is 9.38. The molecule has 1 amide bonds. The van der Waals surface area contributed by atoms with Crippen molar-refractivity contribution in [3.63, 3.8) is 0 Å². The van der Waals surface area contributed by atoms with Crippen molar-refractivity contribution in [1.82, 2.24) is 30.0 Å². The Morgan fingerprint density at radius 2 is 2.23 bits per heavy atom. The number of carbonyl (C=O) groups excluding carboxylic acids is 1. The first-order valence-electron chi connectivity index (χ1n) is 10.2. The van der Waals surface area contributed by atoms with Gasteiger partial charge in [-0.2, -0.15) is 0 Å². The number of fused-ring (bicyclic) bond motifs is 3. The number of ether oxygens (including phenoxy) is 1. The minimum Gasteiger partial charge on any atom is -0.376 e. The largest absolute Gasteiger partial charge is 0.376 e. The molecule has 8 heteroatoms. The number of amides is 1. The van der Waals surface area contributed by atoms with E-state index in [1.54, 1.807) is 18.6 Å². The third-order valence-corrected chi connectivity index (χ3v) is 5.43. The van der Waals surface area contributed by atoms with Crippen molar-refractivity contribution in [2.24, 2.45) is 0 Å². The van der Waals surface area contributed by atoms with Gasteiger partial charge >= 0.3 is 0 Å². The first-order valence-corrected chi connectivity index (χ1v) is 10.2. The number of hydrogen-bond acceptors (Lipinski definition) is 6. The lowest BCUT2D eigenvalue weighted by molar-refractivity contribution is 0.0953. The molecule has 1 fully saturated rings. The van der Waals surface area contributed by atoms with Crippen molar-refractivity contribution in [3.05, 3.63) is 60.2 Å². The second-order valence-corrected chi connectivity index (χ2v) is 7.50. The predicted octanol–water partition coefficient (Wildman–Crippen LogP) is 2.53. The van der Waals surface area contributed by atoms with E-state index in [4.69, 9.17) is 4.74 Å². The number of nitrogens with zero attached hydrogens (tertiary/aromatic N) is 5. The van der Waals surface area contributed by atoms with Crippen LogP contribution >= 0.6 is 0 Å². The molecule has 1 aliphatic rings. The van der Waals surface area contributed by atoms with E-state index in [1.807, 2.05) is 30.5 Å². The van der Waals surface area contributed by atoms with Crippen molar-refractivity contribution >= 4 is 28.0 Å². The third kappa shape index (κ3) is 3.73. The Labute approximate surface area is 173 Å². The van der Waals surface area contributed by atoms with Gasteiger partial charge in [-0.05, 0) is 49.1 Å². The average molecular weight is 402 g/mol. The van der Waals surface area contributed by atoms with Crippen molar-refractivity contribution in [1.29, 1.82) is 0 Å². The SMILES string of the molecule is O=C(NCCc1cccnc1)c1ccc2nnc3ncn(CC4CCCO4)c3c2c1. The van der Waals surface area contributed by atoms with E-state index < -0.39 is 0 Å². The van der Waals surface area contributed by atoms with Gasteiger partial charge in [0.25, 0.3) is 5.91 Å². The van der Waals surface area contributed by atoms with Gasteiger partial charge in [0.1, 0.15) is 0 Å². The molecule has 1 saturated heterocycles. The minimum absolute atomic E-state index is 0.115. The van der Waals surface area contributed by atoms with E-state index >= 15 is 0 Å². The highest BCUT2D eigenvalue weighted by atomic mass is 16.5. The number of imidazole rings is 1. The zero-order chi connectivity index (χ0) is 20.3. The summed E-state index contributed by atoms with van der Waals surface area (Å²) in [7, 11) is 0. The molecule has 3 aromatic heterocycles. The lowest BCUT2D eigenvalue weighted by Crippen LogP contribution is -2.25. The van der Waals surface area contributed by atoms with Crippen LogP contribution in [0.2, 0.25) is 0 Å². The van der Waals surface area contributed by atoms with Crippen LogP contribution in [-0.4, -0.2) is 49.9 Å². The van der Waals surface area contributed by atoms with Crippen molar-refractivity contribution in [2.45, 2.75) is 31.9 Å². The van der Waals surface area contributed by atoms with Crippen molar-refractivity contribution < 1.29 is 9.53 Å². The van der Waals surface area contributed by atoms with E-state index in [-0.39, 0.29) is 12.0 Å². The zero-order valence-electron chi connectivity index (χ0n) is 16.5. The Morgan fingerprint density at radius 1 is 1.27 bits per heavy atom. The van der Waals surface area contributed by atoms with Crippen LogP contribution in [0, 0.1) is 0 Å². The molecule has 0 radical (unpaired) electrons. The molecule has 1 aliphatic heterocycles. The molecule has 1 unspecified atom stereocenters.